The van der Waals surface area contributed by atoms with Crippen LogP contribution >= 0.6 is 23.1 Å². The van der Waals surface area contributed by atoms with Crippen molar-refractivity contribution >= 4 is 49.2 Å². The van der Waals surface area contributed by atoms with Gasteiger partial charge in [0.05, 0.1) is 22.3 Å². The molecule has 0 saturated carbocycles. The first kappa shape index (κ1) is 16.1. The average Bonchev–Trinajstić information content (AvgIpc) is 3.02. The topological polar surface area (TPSA) is 51.0 Å². The standard InChI is InChI=1S/C18H16N4OS2/c1-21(2)13-8-9-19-17-14(13)15-16(25-17)18(23)22(10-20-15)11-4-6-12(24-3)7-5-11/h4-10H,1-3H3. The van der Waals surface area contributed by atoms with Crippen LogP contribution in [0.1, 0.15) is 0 Å². The fourth-order valence-electron chi connectivity index (χ4n) is 2.84. The lowest BCUT2D eigenvalue weighted by atomic mass is 10.2. The Bertz CT molecular complexity index is 1130. The Labute approximate surface area is 153 Å². The number of hydrogen-bond acceptors (Lipinski definition) is 6. The number of hydrogen-bond donors (Lipinski definition) is 0. The van der Waals surface area contributed by atoms with Crippen LogP contribution in [-0.4, -0.2) is 34.9 Å². The SMILES string of the molecule is CSc1ccc(-n2cnc3c(sc4nccc(N(C)C)c43)c2=O)cc1. The van der Waals surface area contributed by atoms with Gasteiger partial charge >= 0.3 is 0 Å². The molecule has 1 aromatic carbocycles. The van der Waals surface area contributed by atoms with Gasteiger partial charge in [-0.1, -0.05) is 0 Å². The maximum atomic E-state index is 13.0. The van der Waals surface area contributed by atoms with Gasteiger partial charge in [0.2, 0.25) is 0 Å². The molecule has 4 aromatic rings. The van der Waals surface area contributed by atoms with E-state index in [4.69, 9.17) is 0 Å². The molecule has 0 fully saturated rings. The second kappa shape index (κ2) is 6.16. The second-order valence-electron chi connectivity index (χ2n) is 5.80. The lowest BCUT2D eigenvalue weighted by Crippen LogP contribution is -2.17. The summed E-state index contributed by atoms with van der Waals surface area (Å²) in [6, 6.07) is 9.85. The van der Waals surface area contributed by atoms with Gasteiger partial charge in [-0.3, -0.25) is 9.36 Å². The van der Waals surface area contributed by atoms with E-state index in [-0.39, 0.29) is 5.56 Å². The molecular formula is C18H16N4OS2. The van der Waals surface area contributed by atoms with Gasteiger partial charge in [0, 0.05) is 25.2 Å². The summed E-state index contributed by atoms with van der Waals surface area (Å²) in [5, 5.41) is 0.939. The van der Waals surface area contributed by atoms with Gasteiger partial charge in [0.15, 0.2) is 0 Å². The molecule has 126 valence electrons. The number of pyridine rings is 1. The highest BCUT2D eigenvalue weighted by Gasteiger charge is 2.16. The third-order valence-electron chi connectivity index (χ3n) is 4.09. The van der Waals surface area contributed by atoms with Crippen molar-refractivity contribution in [1.82, 2.24) is 14.5 Å². The van der Waals surface area contributed by atoms with Gasteiger partial charge in [-0.2, -0.15) is 0 Å². The zero-order valence-corrected chi connectivity index (χ0v) is 15.7. The van der Waals surface area contributed by atoms with Crippen molar-refractivity contribution in [3.63, 3.8) is 0 Å². The summed E-state index contributed by atoms with van der Waals surface area (Å²) in [6.45, 7) is 0. The highest BCUT2D eigenvalue weighted by Crippen LogP contribution is 2.35. The molecule has 0 N–H and O–H groups in total. The fourth-order valence-corrected chi connectivity index (χ4v) is 4.29. The Kier molecular flexibility index (Phi) is 3.97. The maximum Gasteiger partial charge on any atom is 0.275 e. The van der Waals surface area contributed by atoms with Crippen LogP contribution in [0.3, 0.4) is 0 Å². The highest BCUT2D eigenvalue weighted by molar-refractivity contribution is 7.98. The Balaban J connectivity index is 1.98. The molecule has 0 bridgehead atoms. The van der Waals surface area contributed by atoms with Crippen LogP contribution in [0.4, 0.5) is 5.69 Å². The van der Waals surface area contributed by atoms with Gasteiger partial charge < -0.3 is 4.90 Å². The van der Waals surface area contributed by atoms with Crippen LogP contribution in [-0.2, 0) is 0 Å². The number of rotatable bonds is 3. The summed E-state index contributed by atoms with van der Waals surface area (Å²) in [4.78, 5) is 26.1. The molecule has 0 atom stereocenters. The van der Waals surface area contributed by atoms with Crippen LogP contribution < -0.4 is 10.5 Å². The third-order valence-corrected chi connectivity index (χ3v) is 5.91. The summed E-state index contributed by atoms with van der Waals surface area (Å²) in [5.41, 5.74) is 2.49. The lowest BCUT2D eigenvalue weighted by Gasteiger charge is -2.13. The van der Waals surface area contributed by atoms with Crippen LogP contribution in [0, 0.1) is 0 Å². The van der Waals surface area contributed by atoms with Crippen LogP contribution in [0.5, 0.6) is 0 Å². The van der Waals surface area contributed by atoms with Crippen molar-refractivity contribution in [1.29, 1.82) is 0 Å². The monoisotopic (exact) mass is 368 g/mol. The van der Waals surface area contributed by atoms with Crippen molar-refractivity contribution in [3.8, 4) is 5.69 Å². The van der Waals surface area contributed by atoms with E-state index in [1.165, 1.54) is 11.3 Å². The highest BCUT2D eigenvalue weighted by atomic mass is 32.2. The van der Waals surface area contributed by atoms with E-state index >= 15 is 0 Å². The number of benzene rings is 1. The number of nitrogens with zero attached hydrogens (tertiary/aromatic N) is 4. The summed E-state index contributed by atoms with van der Waals surface area (Å²) < 4.78 is 2.23. The number of thioether (sulfide) groups is 1. The molecule has 0 spiro atoms. The van der Waals surface area contributed by atoms with Crippen LogP contribution in [0.15, 0.2) is 52.5 Å². The predicted molar refractivity (Wildman–Crippen MR) is 107 cm³/mol. The van der Waals surface area contributed by atoms with Crippen LogP contribution in [0.2, 0.25) is 0 Å². The number of anilines is 1. The molecule has 25 heavy (non-hydrogen) atoms. The smallest absolute Gasteiger partial charge is 0.275 e. The van der Waals surface area contributed by atoms with Gasteiger partial charge in [0.1, 0.15) is 15.9 Å². The lowest BCUT2D eigenvalue weighted by molar-refractivity contribution is 0.965. The predicted octanol–water partition coefficient (Wildman–Crippen LogP) is 3.78. The molecule has 7 heteroatoms. The van der Waals surface area contributed by atoms with Gasteiger partial charge in [0.25, 0.3) is 5.56 Å². The minimum atomic E-state index is -0.0605. The molecule has 0 aliphatic rings. The minimum Gasteiger partial charge on any atom is -0.377 e. The molecule has 3 aromatic heterocycles. The van der Waals surface area contributed by atoms with E-state index in [9.17, 15) is 4.79 Å². The molecule has 5 nitrogen and oxygen atoms in total. The normalized spacial score (nSPS) is 11.3. The maximum absolute atomic E-state index is 13.0. The first-order chi connectivity index (χ1) is 12.1. The van der Waals surface area contributed by atoms with Gasteiger partial charge in [-0.25, -0.2) is 9.97 Å². The van der Waals surface area contributed by atoms with Crippen molar-refractivity contribution in [2.24, 2.45) is 0 Å². The summed E-state index contributed by atoms with van der Waals surface area (Å²) in [6.07, 6.45) is 5.41. The van der Waals surface area contributed by atoms with E-state index in [0.29, 0.717) is 4.70 Å². The Morgan fingerprint density at radius 1 is 1.12 bits per heavy atom. The Morgan fingerprint density at radius 2 is 1.88 bits per heavy atom. The van der Waals surface area contributed by atoms with Crippen LogP contribution in [0.25, 0.3) is 26.1 Å². The van der Waals surface area contributed by atoms with E-state index in [2.05, 4.69) is 9.97 Å². The van der Waals surface area contributed by atoms with Gasteiger partial charge in [-0.05, 0) is 36.6 Å². The molecule has 0 aliphatic heterocycles. The molecule has 0 radical (unpaired) electrons. The van der Waals surface area contributed by atoms with Crippen molar-refractivity contribution < 1.29 is 0 Å². The van der Waals surface area contributed by atoms with Crippen molar-refractivity contribution in [3.05, 3.63) is 53.2 Å². The minimum absolute atomic E-state index is 0.0605. The second-order valence-corrected chi connectivity index (χ2v) is 7.68. The molecule has 0 amide bonds. The zero-order valence-electron chi connectivity index (χ0n) is 14.1. The van der Waals surface area contributed by atoms with Crippen molar-refractivity contribution in [2.75, 3.05) is 25.3 Å². The van der Waals surface area contributed by atoms with E-state index in [1.54, 1.807) is 28.9 Å². The summed E-state index contributed by atoms with van der Waals surface area (Å²) in [7, 11) is 3.96. The quantitative estimate of drug-likeness (QED) is 0.515. The summed E-state index contributed by atoms with van der Waals surface area (Å²) >= 11 is 3.07. The van der Waals surface area contributed by atoms with Crippen molar-refractivity contribution in [2.45, 2.75) is 4.90 Å². The Morgan fingerprint density at radius 3 is 2.56 bits per heavy atom. The summed E-state index contributed by atoms with van der Waals surface area (Å²) in [5.74, 6) is 0. The first-order valence-electron chi connectivity index (χ1n) is 7.71. The van der Waals surface area contributed by atoms with Gasteiger partial charge in [-0.15, -0.1) is 23.1 Å². The average molecular weight is 368 g/mol. The fraction of sp³-hybridized carbons (Fsp3) is 0.167. The molecule has 4 rings (SSSR count). The number of thiophene rings is 1. The number of fused-ring (bicyclic) bond motifs is 3. The number of aromatic nitrogens is 3. The van der Waals surface area contributed by atoms with E-state index in [0.717, 1.165) is 32.0 Å². The molecule has 3 heterocycles. The molecular weight excluding hydrogens is 352 g/mol. The zero-order chi connectivity index (χ0) is 17.6. The van der Waals surface area contributed by atoms with E-state index in [1.807, 2.05) is 55.6 Å². The molecule has 0 unspecified atom stereocenters. The largest absolute Gasteiger partial charge is 0.377 e. The third kappa shape index (κ3) is 2.60. The first-order valence-corrected chi connectivity index (χ1v) is 9.75. The molecule has 0 aliphatic carbocycles. The van der Waals surface area contributed by atoms with E-state index < -0.39 is 0 Å². The molecule has 0 saturated heterocycles. The Hall–Kier alpha value is -2.38.